The highest BCUT2D eigenvalue weighted by molar-refractivity contribution is 8.00. The van der Waals surface area contributed by atoms with Crippen LogP contribution < -0.4 is 5.14 Å². The van der Waals surface area contributed by atoms with Crippen molar-refractivity contribution in [2.75, 3.05) is 0 Å². The van der Waals surface area contributed by atoms with Gasteiger partial charge in [-0.3, -0.25) is 5.14 Å². The minimum absolute atomic E-state index is 1.14. The Kier molecular flexibility index (Phi) is 7.20. The van der Waals surface area contributed by atoms with Crippen LogP contribution in [0, 0.1) is 0 Å². The Hall–Kier alpha value is 0.0500. The van der Waals surface area contributed by atoms with Crippen LogP contribution in [0.3, 0.4) is 0 Å². The summed E-state index contributed by atoms with van der Waals surface area (Å²) in [7, 11) is 0. The average Bonchev–Trinajstić information content (AvgIpc) is 1.98. The van der Waals surface area contributed by atoms with Gasteiger partial charge >= 0.3 is 0 Å². The first-order valence-corrected chi connectivity index (χ1v) is 4.82. The van der Waals surface area contributed by atoms with Gasteiger partial charge in [-0.1, -0.05) is 37.8 Å². The van der Waals surface area contributed by atoms with Gasteiger partial charge in [-0.2, -0.15) is 0 Å². The monoisotopic (exact) mass is 159 g/mol. The predicted molar refractivity (Wildman–Crippen MR) is 49.7 cm³/mol. The summed E-state index contributed by atoms with van der Waals surface area (Å²) in [6.45, 7) is 4.39. The fraction of sp³-hybridized carbons (Fsp3) is 0.750. The van der Waals surface area contributed by atoms with Crippen molar-refractivity contribution in [1.82, 2.24) is 0 Å². The minimum atomic E-state index is 1.14. The number of rotatable bonds is 5. The Morgan fingerprint density at radius 1 is 1.50 bits per heavy atom. The number of hydrogen-bond acceptors (Lipinski definition) is 2. The van der Waals surface area contributed by atoms with Gasteiger partial charge in [0.25, 0.3) is 0 Å². The van der Waals surface area contributed by atoms with Crippen molar-refractivity contribution in [3.8, 4) is 0 Å². The van der Waals surface area contributed by atoms with Crippen LogP contribution in [0.25, 0.3) is 0 Å². The molecule has 0 aliphatic rings. The lowest BCUT2D eigenvalue weighted by molar-refractivity contribution is 0.768. The summed E-state index contributed by atoms with van der Waals surface area (Å²) in [5.41, 5.74) is 1.48. The van der Waals surface area contributed by atoms with E-state index in [4.69, 9.17) is 5.14 Å². The van der Waals surface area contributed by atoms with E-state index in [2.05, 4.69) is 19.3 Å². The Labute approximate surface area is 68.2 Å². The molecule has 0 bridgehead atoms. The van der Waals surface area contributed by atoms with E-state index >= 15 is 0 Å². The Morgan fingerprint density at radius 3 is 2.60 bits per heavy atom. The Bertz CT molecular complexity index is 99.4. The summed E-state index contributed by atoms with van der Waals surface area (Å²) >= 11 is 1.32. The Balaban J connectivity index is 3.49. The molecule has 0 saturated heterocycles. The second kappa shape index (κ2) is 7.16. The third-order valence-corrected chi connectivity index (χ3v) is 2.01. The lowest BCUT2D eigenvalue weighted by Gasteiger charge is -2.00. The molecule has 0 spiro atoms. The predicted octanol–water partition coefficient (Wildman–Crippen LogP) is 3.08. The van der Waals surface area contributed by atoms with E-state index in [1.54, 1.807) is 0 Å². The number of allylic oxidation sites excluding steroid dienone is 1. The maximum atomic E-state index is 5.32. The first-order chi connectivity index (χ1) is 4.85. The molecule has 60 valence electrons. The van der Waals surface area contributed by atoms with E-state index in [0.29, 0.717) is 0 Å². The molecule has 0 atom stereocenters. The van der Waals surface area contributed by atoms with Crippen LogP contribution in [0.5, 0.6) is 0 Å². The zero-order chi connectivity index (χ0) is 7.82. The highest BCUT2D eigenvalue weighted by Crippen LogP contribution is 2.13. The SMILES string of the molecule is CCCC/C(=C/SN)CC. The van der Waals surface area contributed by atoms with E-state index in [1.165, 1.54) is 36.8 Å². The molecule has 1 nitrogen and oxygen atoms in total. The van der Waals surface area contributed by atoms with Gasteiger partial charge in [0.05, 0.1) is 0 Å². The summed E-state index contributed by atoms with van der Waals surface area (Å²) in [6, 6.07) is 0. The highest BCUT2D eigenvalue weighted by Gasteiger charge is 1.91. The van der Waals surface area contributed by atoms with E-state index in [0.717, 1.165) is 6.42 Å². The van der Waals surface area contributed by atoms with Crippen molar-refractivity contribution in [3.05, 3.63) is 11.0 Å². The molecule has 0 aromatic carbocycles. The molecule has 0 aromatic heterocycles. The molecule has 0 unspecified atom stereocenters. The molecule has 2 N–H and O–H groups in total. The van der Waals surface area contributed by atoms with Crippen molar-refractivity contribution in [2.24, 2.45) is 5.14 Å². The maximum absolute atomic E-state index is 5.32. The van der Waals surface area contributed by atoms with E-state index in [9.17, 15) is 0 Å². The third kappa shape index (κ3) is 4.89. The zero-order valence-electron chi connectivity index (χ0n) is 6.89. The molecule has 0 fully saturated rings. The smallest absolute Gasteiger partial charge is 0.0146 e. The Morgan fingerprint density at radius 2 is 2.20 bits per heavy atom. The molecule has 0 aliphatic heterocycles. The van der Waals surface area contributed by atoms with Gasteiger partial charge in [-0.05, 0) is 24.7 Å². The number of nitrogens with two attached hydrogens (primary N) is 1. The molecule has 10 heavy (non-hydrogen) atoms. The number of unbranched alkanes of at least 4 members (excludes halogenated alkanes) is 1. The standard InChI is InChI=1S/C8H17NS/c1-3-5-6-8(4-2)7-10-9/h7H,3-6,9H2,1-2H3/b8-7+. The molecular formula is C8H17NS. The molecule has 0 aliphatic carbocycles. The van der Waals surface area contributed by atoms with E-state index in [-0.39, 0.29) is 0 Å². The number of hydrogen-bond donors (Lipinski definition) is 1. The van der Waals surface area contributed by atoms with Gasteiger partial charge < -0.3 is 0 Å². The topological polar surface area (TPSA) is 26.0 Å². The highest BCUT2D eigenvalue weighted by atomic mass is 32.2. The first-order valence-electron chi connectivity index (χ1n) is 3.88. The molecule has 0 radical (unpaired) electrons. The fourth-order valence-corrected chi connectivity index (χ4v) is 1.30. The van der Waals surface area contributed by atoms with Gasteiger partial charge in [0.2, 0.25) is 0 Å². The summed E-state index contributed by atoms with van der Waals surface area (Å²) in [6.07, 6.45) is 4.92. The van der Waals surface area contributed by atoms with Crippen molar-refractivity contribution < 1.29 is 0 Å². The lowest BCUT2D eigenvalue weighted by atomic mass is 10.1. The molecule has 0 heterocycles. The second-order valence-corrected chi connectivity index (χ2v) is 2.88. The van der Waals surface area contributed by atoms with Crippen LogP contribution >= 0.6 is 11.9 Å². The van der Waals surface area contributed by atoms with Crippen LogP contribution in [0.1, 0.15) is 39.5 Å². The van der Waals surface area contributed by atoms with Crippen molar-refractivity contribution >= 4 is 11.9 Å². The van der Waals surface area contributed by atoms with Crippen molar-refractivity contribution in [3.63, 3.8) is 0 Å². The molecule has 0 aromatic rings. The maximum Gasteiger partial charge on any atom is -0.0146 e. The normalized spacial score (nSPS) is 12.1. The summed E-state index contributed by atoms with van der Waals surface area (Å²) in [5, 5.41) is 7.38. The summed E-state index contributed by atoms with van der Waals surface area (Å²) < 4.78 is 0. The zero-order valence-corrected chi connectivity index (χ0v) is 7.71. The first kappa shape index (κ1) is 10.0. The lowest BCUT2D eigenvalue weighted by Crippen LogP contribution is -1.82. The van der Waals surface area contributed by atoms with E-state index < -0.39 is 0 Å². The van der Waals surface area contributed by atoms with Gasteiger partial charge in [0.15, 0.2) is 0 Å². The van der Waals surface area contributed by atoms with Crippen LogP contribution in [-0.4, -0.2) is 0 Å². The fourth-order valence-electron chi connectivity index (χ4n) is 0.819. The van der Waals surface area contributed by atoms with Crippen LogP contribution in [-0.2, 0) is 0 Å². The average molecular weight is 159 g/mol. The van der Waals surface area contributed by atoms with Gasteiger partial charge in [0.1, 0.15) is 0 Å². The molecular weight excluding hydrogens is 142 g/mol. The summed E-state index contributed by atoms with van der Waals surface area (Å²) in [5.74, 6) is 0. The largest absolute Gasteiger partial charge is 0.274 e. The van der Waals surface area contributed by atoms with E-state index in [1.807, 2.05) is 0 Å². The minimum Gasteiger partial charge on any atom is -0.274 e. The van der Waals surface area contributed by atoms with Crippen molar-refractivity contribution in [2.45, 2.75) is 39.5 Å². The van der Waals surface area contributed by atoms with Crippen LogP contribution in [0.2, 0.25) is 0 Å². The van der Waals surface area contributed by atoms with Crippen LogP contribution in [0.4, 0.5) is 0 Å². The van der Waals surface area contributed by atoms with Crippen LogP contribution in [0.15, 0.2) is 11.0 Å². The molecule has 0 amide bonds. The molecule has 0 saturated carbocycles. The van der Waals surface area contributed by atoms with Gasteiger partial charge in [0, 0.05) is 0 Å². The van der Waals surface area contributed by atoms with Gasteiger partial charge in [-0.15, -0.1) is 0 Å². The molecule has 2 heteroatoms. The van der Waals surface area contributed by atoms with Crippen molar-refractivity contribution in [1.29, 1.82) is 0 Å². The second-order valence-electron chi connectivity index (χ2n) is 2.37. The molecule has 0 rings (SSSR count). The summed E-state index contributed by atoms with van der Waals surface area (Å²) in [4.78, 5) is 0. The third-order valence-electron chi connectivity index (χ3n) is 1.54. The quantitative estimate of drug-likeness (QED) is 0.624. The van der Waals surface area contributed by atoms with Gasteiger partial charge in [-0.25, -0.2) is 0 Å².